The van der Waals surface area contributed by atoms with E-state index in [-0.39, 0.29) is 28.8 Å². The van der Waals surface area contributed by atoms with Gasteiger partial charge in [-0.3, -0.25) is 9.69 Å². The number of aliphatic hydroxyl groups excluding tert-OH is 1. The largest absolute Gasteiger partial charge is 0.477 e. The van der Waals surface area contributed by atoms with Gasteiger partial charge in [0.15, 0.2) is 5.82 Å². The van der Waals surface area contributed by atoms with Gasteiger partial charge in [-0.25, -0.2) is 9.78 Å². The van der Waals surface area contributed by atoms with Crippen molar-refractivity contribution in [1.82, 2.24) is 24.5 Å². The van der Waals surface area contributed by atoms with E-state index in [1.54, 1.807) is 13.8 Å². The fraction of sp³-hybridized carbons (Fsp3) is 0.375. The number of fused-ring (bicyclic) bond motifs is 2. The Bertz CT molecular complexity index is 1090. The molecule has 2 atom stereocenters. The smallest absolute Gasteiger partial charge is 0.353 e. The second kappa shape index (κ2) is 6.58. The summed E-state index contributed by atoms with van der Waals surface area (Å²) < 4.78 is 1.41. The summed E-state index contributed by atoms with van der Waals surface area (Å²) in [6.45, 7) is 3.22. The van der Waals surface area contributed by atoms with Crippen LogP contribution >= 0.6 is 24.0 Å². The fourth-order valence-electron chi connectivity index (χ4n) is 3.30. The molecule has 1 saturated heterocycles. The zero-order valence-corrected chi connectivity index (χ0v) is 16.5. The van der Waals surface area contributed by atoms with Crippen molar-refractivity contribution in [1.29, 1.82) is 0 Å². The van der Waals surface area contributed by atoms with Crippen LogP contribution in [0.15, 0.2) is 11.3 Å². The molecule has 4 rings (SSSR count). The second-order valence-electron chi connectivity index (χ2n) is 6.47. The molecule has 0 saturated carbocycles. The van der Waals surface area contributed by atoms with Gasteiger partial charge in [-0.1, -0.05) is 12.2 Å². The molecule has 12 heteroatoms. The first-order valence-corrected chi connectivity index (χ1v) is 9.77. The van der Waals surface area contributed by atoms with Gasteiger partial charge in [0.1, 0.15) is 23.7 Å². The van der Waals surface area contributed by atoms with Crippen LogP contribution in [0.3, 0.4) is 0 Å². The minimum atomic E-state index is -1.24. The molecule has 2 aromatic rings. The zero-order chi connectivity index (χ0) is 20.3. The molecular weight excluding hydrogens is 404 g/mol. The van der Waals surface area contributed by atoms with E-state index >= 15 is 0 Å². The molecule has 1 unspecified atom stereocenters. The number of thiocarbonyl (C=S) groups is 1. The third kappa shape index (κ3) is 2.56. The fourth-order valence-corrected chi connectivity index (χ4v) is 5.10. The van der Waals surface area contributed by atoms with Crippen LogP contribution in [-0.4, -0.2) is 68.6 Å². The summed E-state index contributed by atoms with van der Waals surface area (Å²) in [6.07, 6.45) is 0. The van der Waals surface area contributed by atoms with E-state index in [0.717, 1.165) is 0 Å². The van der Waals surface area contributed by atoms with Crippen LogP contribution in [0.2, 0.25) is 0 Å². The monoisotopic (exact) mass is 420 g/mol. The molecule has 4 heterocycles. The lowest BCUT2D eigenvalue weighted by Crippen LogP contribution is -2.68. The molecule has 10 nitrogen and oxygen atoms in total. The summed E-state index contributed by atoms with van der Waals surface area (Å²) in [6, 6.07) is -0.714. The minimum Gasteiger partial charge on any atom is -0.477 e. The second-order valence-corrected chi connectivity index (χ2v) is 7.98. The Balaban J connectivity index is 1.92. The van der Waals surface area contributed by atoms with Crippen LogP contribution in [0.5, 0.6) is 0 Å². The van der Waals surface area contributed by atoms with Crippen molar-refractivity contribution >= 4 is 46.5 Å². The van der Waals surface area contributed by atoms with E-state index < -0.39 is 23.3 Å². The van der Waals surface area contributed by atoms with Crippen molar-refractivity contribution in [2.75, 3.05) is 5.75 Å². The molecule has 1 fully saturated rings. The van der Waals surface area contributed by atoms with Crippen molar-refractivity contribution in [3.05, 3.63) is 34.0 Å². The lowest BCUT2D eigenvalue weighted by molar-refractivity contribution is -0.147. The van der Waals surface area contributed by atoms with Gasteiger partial charge in [0.2, 0.25) is 5.91 Å². The van der Waals surface area contributed by atoms with Gasteiger partial charge in [-0.15, -0.1) is 16.9 Å². The van der Waals surface area contributed by atoms with Crippen molar-refractivity contribution in [3.8, 4) is 0 Å². The van der Waals surface area contributed by atoms with E-state index in [0.29, 0.717) is 28.3 Å². The number of aryl methyl sites for hydroxylation is 1. The summed E-state index contributed by atoms with van der Waals surface area (Å²) >= 11 is 7.03. The predicted octanol–water partition coefficient (Wildman–Crippen LogP) is -0.467. The van der Waals surface area contributed by atoms with Gasteiger partial charge in [0.25, 0.3) is 5.78 Å². The normalized spacial score (nSPS) is 21.7. The topological polar surface area (TPSA) is 147 Å². The number of nitrogens with two attached hydrogens (primary N) is 1. The van der Waals surface area contributed by atoms with Crippen molar-refractivity contribution in [2.24, 2.45) is 5.73 Å². The van der Waals surface area contributed by atoms with E-state index in [9.17, 15) is 19.8 Å². The van der Waals surface area contributed by atoms with E-state index in [1.165, 1.54) is 21.2 Å². The number of aliphatic carboxylic acids is 1. The van der Waals surface area contributed by atoms with E-state index in [4.69, 9.17) is 18.0 Å². The van der Waals surface area contributed by atoms with Gasteiger partial charge in [-0.05, 0) is 19.4 Å². The SMILES string of the molecule is Cc1nc2nc(CO)nn2c(C(=S)C2=C(C(=O)O)N3C(=O)C(N)[C@@H]3SC2)c1C. The predicted molar refractivity (Wildman–Crippen MR) is 104 cm³/mol. The molecule has 1 amide bonds. The van der Waals surface area contributed by atoms with Crippen molar-refractivity contribution in [2.45, 2.75) is 31.9 Å². The third-order valence-electron chi connectivity index (χ3n) is 4.85. The Morgan fingerprint density at radius 1 is 1.39 bits per heavy atom. The van der Waals surface area contributed by atoms with Crippen molar-refractivity contribution < 1.29 is 19.8 Å². The van der Waals surface area contributed by atoms with Gasteiger partial charge in [0, 0.05) is 17.0 Å². The van der Waals surface area contributed by atoms with Gasteiger partial charge in [0.05, 0.1) is 10.6 Å². The molecule has 146 valence electrons. The standard InChI is InChI=1S/C16H16N6O4S2/c1-5-6(2)18-16-19-8(3-23)20-22(16)10(5)12(27)7-4-28-14-9(17)13(24)21(14)11(7)15(25)26/h9,14,23H,3-4,17H2,1-2H3,(H,25,26)/t9?,14-/m0/s1. The summed E-state index contributed by atoms with van der Waals surface area (Å²) in [5.41, 5.74) is 7.83. The highest BCUT2D eigenvalue weighted by Crippen LogP contribution is 2.40. The number of rotatable bonds is 4. The van der Waals surface area contributed by atoms with Crippen LogP contribution in [0.1, 0.15) is 22.8 Å². The number of carboxylic acid groups (broad SMARTS) is 1. The number of amides is 1. The highest BCUT2D eigenvalue weighted by atomic mass is 32.2. The summed E-state index contributed by atoms with van der Waals surface area (Å²) in [7, 11) is 0. The Kier molecular flexibility index (Phi) is 4.45. The van der Waals surface area contributed by atoms with E-state index in [1.807, 2.05) is 0 Å². The number of thioether (sulfide) groups is 1. The minimum absolute atomic E-state index is 0.148. The van der Waals surface area contributed by atoms with Gasteiger partial charge in [-0.2, -0.15) is 9.50 Å². The molecule has 0 spiro atoms. The molecule has 2 aliphatic rings. The van der Waals surface area contributed by atoms with Crippen LogP contribution in [-0.2, 0) is 16.2 Å². The summed E-state index contributed by atoms with van der Waals surface area (Å²) in [4.78, 5) is 34.1. The molecular formula is C16H16N6O4S2. The lowest BCUT2D eigenvalue weighted by atomic mass is 9.99. The van der Waals surface area contributed by atoms with E-state index in [2.05, 4.69) is 15.1 Å². The maximum atomic E-state index is 12.2. The first kappa shape index (κ1) is 18.9. The molecule has 0 aliphatic carbocycles. The van der Waals surface area contributed by atoms with Crippen LogP contribution in [0.25, 0.3) is 5.78 Å². The Hall–Kier alpha value is -2.41. The highest BCUT2D eigenvalue weighted by molar-refractivity contribution is 8.00. The molecule has 4 N–H and O–H groups in total. The quantitative estimate of drug-likeness (QED) is 0.337. The lowest BCUT2D eigenvalue weighted by Gasteiger charge is -2.48. The number of carbonyl (C=O) groups is 2. The van der Waals surface area contributed by atoms with Crippen molar-refractivity contribution in [3.63, 3.8) is 0 Å². The molecule has 0 radical (unpaired) electrons. The Labute approximate surface area is 168 Å². The average Bonchev–Trinajstić information content (AvgIpc) is 3.08. The zero-order valence-electron chi connectivity index (χ0n) is 14.9. The van der Waals surface area contributed by atoms with Crippen LogP contribution < -0.4 is 5.73 Å². The maximum absolute atomic E-state index is 12.2. The number of hydrogen-bond donors (Lipinski definition) is 3. The maximum Gasteiger partial charge on any atom is 0.353 e. The summed E-state index contributed by atoms with van der Waals surface area (Å²) in [5.74, 6) is -0.948. The molecule has 2 aromatic heterocycles. The molecule has 0 bridgehead atoms. The van der Waals surface area contributed by atoms with Crippen LogP contribution in [0.4, 0.5) is 0 Å². The number of aromatic nitrogens is 4. The number of aliphatic hydroxyl groups is 1. The third-order valence-corrected chi connectivity index (χ3v) is 6.59. The number of nitrogens with zero attached hydrogens (tertiary/aromatic N) is 5. The number of hydrogen-bond acceptors (Lipinski definition) is 9. The first-order valence-electron chi connectivity index (χ1n) is 8.31. The Morgan fingerprint density at radius 2 is 2.11 bits per heavy atom. The number of carboxylic acids is 1. The summed E-state index contributed by atoms with van der Waals surface area (Å²) in [5, 5.41) is 22.9. The molecule has 2 aliphatic heterocycles. The van der Waals surface area contributed by atoms with Crippen LogP contribution in [0, 0.1) is 13.8 Å². The Morgan fingerprint density at radius 3 is 2.75 bits per heavy atom. The molecule has 28 heavy (non-hydrogen) atoms. The van der Waals surface area contributed by atoms with Gasteiger partial charge < -0.3 is 15.9 Å². The average molecular weight is 420 g/mol. The number of carbonyl (C=O) groups excluding carboxylic acids is 1. The first-order chi connectivity index (χ1) is 13.3. The number of β-lactam (4-membered cyclic amide) rings is 1. The van der Waals surface area contributed by atoms with Gasteiger partial charge >= 0.3 is 5.97 Å². The molecule has 0 aromatic carbocycles. The highest BCUT2D eigenvalue weighted by Gasteiger charge is 2.52.